The van der Waals surface area contributed by atoms with E-state index in [4.69, 9.17) is 22.9 Å². The van der Waals surface area contributed by atoms with Gasteiger partial charge in [-0.05, 0) is 38.1 Å². The van der Waals surface area contributed by atoms with E-state index in [2.05, 4.69) is 16.0 Å². The Morgan fingerprint density at radius 1 is 0.765 bits per heavy atom. The van der Waals surface area contributed by atoms with Crippen LogP contribution in [0.4, 0.5) is 0 Å². The summed E-state index contributed by atoms with van der Waals surface area (Å²) in [4.78, 5) is 71.5. The number of aliphatic carboxylic acids is 1. The molecule has 0 saturated heterocycles. The maximum atomic E-state index is 12.9. The maximum Gasteiger partial charge on any atom is 0.326 e. The summed E-state index contributed by atoms with van der Waals surface area (Å²) >= 11 is 0. The van der Waals surface area contributed by atoms with E-state index in [1.54, 1.807) is 13.8 Å². The third-order valence-corrected chi connectivity index (χ3v) is 4.91. The average molecular weight is 488 g/mol. The van der Waals surface area contributed by atoms with Crippen LogP contribution in [-0.2, 0) is 28.8 Å². The van der Waals surface area contributed by atoms with Crippen molar-refractivity contribution in [2.24, 2.45) is 28.9 Å². The van der Waals surface area contributed by atoms with Crippen LogP contribution < -0.4 is 38.9 Å². The number of hydrogen-bond donors (Lipinski definition) is 8. The fraction of sp³-hybridized carbons (Fsp3) is 0.700. The van der Waals surface area contributed by atoms with Gasteiger partial charge in [0.15, 0.2) is 0 Å². The van der Waals surface area contributed by atoms with Gasteiger partial charge in [0.25, 0.3) is 0 Å². The van der Waals surface area contributed by atoms with E-state index in [-0.39, 0.29) is 38.6 Å². The van der Waals surface area contributed by atoms with Crippen molar-refractivity contribution in [3.8, 4) is 0 Å². The van der Waals surface area contributed by atoms with E-state index in [0.29, 0.717) is 6.42 Å². The number of carboxylic acid groups (broad SMARTS) is 1. The molecule has 0 bridgehead atoms. The summed E-state index contributed by atoms with van der Waals surface area (Å²) in [5, 5.41) is 16.6. The number of nitrogens with two attached hydrogens (primary N) is 4. The molecule has 14 heteroatoms. The van der Waals surface area contributed by atoms with E-state index >= 15 is 0 Å². The first kappa shape index (κ1) is 30.7. The molecule has 0 aromatic rings. The van der Waals surface area contributed by atoms with Gasteiger partial charge in [-0.3, -0.25) is 24.0 Å². The van der Waals surface area contributed by atoms with Gasteiger partial charge >= 0.3 is 5.97 Å². The molecule has 12 N–H and O–H groups in total. The lowest BCUT2D eigenvalue weighted by molar-refractivity contribution is -0.142. The Morgan fingerprint density at radius 3 is 1.76 bits per heavy atom. The largest absolute Gasteiger partial charge is 0.480 e. The third-order valence-electron chi connectivity index (χ3n) is 4.91. The number of nitrogens with one attached hydrogen (secondary N) is 3. The molecule has 0 rings (SSSR count). The molecule has 0 aliphatic heterocycles. The topological polar surface area (TPSA) is 263 Å². The Kier molecular flexibility index (Phi) is 14.1. The van der Waals surface area contributed by atoms with Crippen molar-refractivity contribution in [2.75, 3.05) is 6.54 Å². The van der Waals surface area contributed by atoms with Gasteiger partial charge in [-0.1, -0.05) is 13.8 Å². The Labute approximate surface area is 197 Å². The molecular weight excluding hydrogens is 450 g/mol. The molecule has 0 aromatic carbocycles. The van der Waals surface area contributed by atoms with Crippen molar-refractivity contribution in [1.82, 2.24) is 16.0 Å². The van der Waals surface area contributed by atoms with Gasteiger partial charge in [0.1, 0.15) is 18.1 Å². The number of amides is 5. The minimum Gasteiger partial charge on any atom is -0.480 e. The zero-order valence-corrected chi connectivity index (χ0v) is 19.5. The second kappa shape index (κ2) is 15.6. The standard InChI is InChI=1S/C20H37N7O7/c1-10(2)16(27-17(30)11(22)5-7-14(23)28)19(32)25-12(6-8-15(24)29)18(31)26-13(20(33)34)4-3-9-21/h10-13,16H,3-9,21-22H2,1-2H3,(H2,23,28)(H2,24,29)(H,25,32)(H,26,31)(H,27,30)(H,33,34)/t11-,12-,13-,16-/m0/s1. The molecule has 0 saturated carbocycles. The van der Waals surface area contributed by atoms with Crippen LogP contribution in [-0.4, -0.2) is 71.3 Å². The van der Waals surface area contributed by atoms with Crippen molar-refractivity contribution >= 4 is 35.5 Å². The average Bonchev–Trinajstić information content (AvgIpc) is 2.74. The molecule has 0 radical (unpaired) electrons. The van der Waals surface area contributed by atoms with E-state index < -0.39 is 65.6 Å². The molecule has 5 amide bonds. The molecule has 14 nitrogen and oxygen atoms in total. The number of hydrogen-bond acceptors (Lipinski definition) is 8. The summed E-state index contributed by atoms with van der Waals surface area (Å²) in [6.07, 6.45) is -0.161. The molecule has 0 heterocycles. The summed E-state index contributed by atoms with van der Waals surface area (Å²) in [6.45, 7) is 3.51. The Balaban J connectivity index is 5.43. The lowest BCUT2D eigenvalue weighted by Gasteiger charge is -2.27. The van der Waals surface area contributed by atoms with Gasteiger partial charge in [0.05, 0.1) is 6.04 Å². The number of rotatable bonds is 17. The maximum absolute atomic E-state index is 12.9. The Bertz CT molecular complexity index is 745. The second-order valence-electron chi connectivity index (χ2n) is 8.24. The zero-order chi connectivity index (χ0) is 26.4. The Hall–Kier alpha value is -3.26. The molecule has 194 valence electrons. The first-order chi connectivity index (χ1) is 15.8. The van der Waals surface area contributed by atoms with E-state index in [0.717, 1.165) is 0 Å². The van der Waals surface area contributed by atoms with Crippen molar-refractivity contribution in [1.29, 1.82) is 0 Å². The van der Waals surface area contributed by atoms with Gasteiger partial charge < -0.3 is 44.0 Å². The van der Waals surface area contributed by atoms with Crippen LogP contribution in [0.3, 0.4) is 0 Å². The van der Waals surface area contributed by atoms with Gasteiger partial charge in [-0.2, -0.15) is 0 Å². The molecule has 34 heavy (non-hydrogen) atoms. The van der Waals surface area contributed by atoms with Crippen LogP contribution in [0.1, 0.15) is 52.4 Å². The molecular formula is C20H37N7O7. The van der Waals surface area contributed by atoms with Crippen LogP contribution in [0.25, 0.3) is 0 Å². The van der Waals surface area contributed by atoms with Gasteiger partial charge in [-0.15, -0.1) is 0 Å². The van der Waals surface area contributed by atoms with Crippen molar-refractivity contribution < 1.29 is 33.9 Å². The highest BCUT2D eigenvalue weighted by Gasteiger charge is 2.31. The molecule has 4 atom stereocenters. The second-order valence-corrected chi connectivity index (χ2v) is 8.24. The number of carbonyl (C=O) groups excluding carboxylic acids is 5. The van der Waals surface area contributed by atoms with Gasteiger partial charge in [-0.25, -0.2) is 4.79 Å². The SMILES string of the molecule is CC(C)[C@H](NC(=O)[C@@H](N)CCC(N)=O)C(=O)N[C@@H](CCC(N)=O)C(=O)N[C@@H](CCCN)C(=O)O. The summed E-state index contributed by atoms with van der Waals surface area (Å²) in [7, 11) is 0. The number of carboxylic acids is 1. The lowest BCUT2D eigenvalue weighted by atomic mass is 10.0. The lowest BCUT2D eigenvalue weighted by Crippen LogP contribution is -2.58. The highest BCUT2D eigenvalue weighted by Crippen LogP contribution is 2.07. The van der Waals surface area contributed by atoms with Crippen LogP contribution >= 0.6 is 0 Å². The highest BCUT2D eigenvalue weighted by molar-refractivity contribution is 5.94. The van der Waals surface area contributed by atoms with Crippen LogP contribution in [0, 0.1) is 5.92 Å². The first-order valence-electron chi connectivity index (χ1n) is 11.0. The smallest absolute Gasteiger partial charge is 0.326 e. The van der Waals surface area contributed by atoms with Gasteiger partial charge in [0, 0.05) is 12.8 Å². The van der Waals surface area contributed by atoms with Crippen molar-refractivity contribution in [3.63, 3.8) is 0 Å². The molecule has 0 unspecified atom stereocenters. The van der Waals surface area contributed by atoms with Crippen molar-refractivity contribution in [3.05, 3.63) is 0 Å². The summed E-state index contributed by atoms with van der Waals surface area (Å²) in [5.41, 5.74) is 21.3. The van der Waals surface area contributed by atoms with Crippen molar-refractivity contribution in [2.45, 2.75) is 76.5 Å². The van der Waals surface area contributed by atoms with Crippen LogP contribution in [0.5, 0.6) is 0 Å². The zero-order valence-electron chi connectivity index (χ0n) is 19.5. The normalized spacial score (nSPS) is 14.4. The number of carbonyl (C=O) groups is 6. The summed E-state index contributed by atoms with van der Waals surface area (Å²) in [6, 6.07) is -4.73. The monoisotopic (exact) mass is 487 g/mol. The van der Waals surface area contributed by atoms with E-state index in [1.165, 1.54) is 0 Å². The minimum absolute atomic E-state index is 0.0172. The van der Waals surface area contributed by atoms with Gasteiger partial charge in [0.2, 0.25) is 29.5 Å². The predicted octanol–water partition coefficient (Wildman–Crippen LogP) is -3.22. The van der Waals surface area contributed by atoms with Crippen LogP contribution in [0.2, 0.25) is 0 Å². The molecule has 0 aliphatic rings. The minimum atomic E-state index is -1.29. The predicted molar refractivity (Wildman–Crippen MR) is 121 cm³/mol. The third kappa shape index (κ3) is 12.1. The van der Waals surface area contributed by atoms with E-state index in [9.17, 15) is 33.9 Å². The molecule has 0 aliphatic carbocycles. The number of primary amides is 2. The quantitative estimate of drug-likeness (QED) is 0.102. The summed E-state index contributed by atoms with van der Waals surface area (Å²) in [5.74, 6) is -5.33. The molecule has 0 aromatic heterocycles. The summed E-state index contributed by atoms with van der Waals surface area (Å²) < 4.78 is 0. The molecule has 0 fully saturated rings. The first-order valence-corrected chi connectivity index (χ1v) is 11.0. The highest BCUT2D eigenvalue weighted by atomic mass is 16.4. The fourth-order valence-electron chi connectivity index (χ4n) is 2.89. The molecule has 0 spiro atoms. The Morgan fingerprint density at radius 2 is 1.29 bits per heavy atom. The van der Waals surface area contributed by atoms with E-state index in [1.807, 2.05) is 0 Å². The fourth-order valence-corrected chi connectivity index (χ4v) is 2.89. The van der Waals surface area contributed by atoms with Crippen LogP contribution in [0.15, 0.2) is 0 Å².